The molecule has 8 nitrogen and oxygen atoms in total. The molecule has 0 aliphatic carbocycles. The van der Waals surface area contributed by atoms with Crippen LogP contribution in [-0.2, 0) is 24.3 Å². The van der Waals surface area contributed by atoms with Crippen LogP contribution in [0, 0.1) is 6.92 Å². The van der Waals surface area contributed by atoms with Crippen molar-refractivity contribution in [1.29, 1.82) is 0 Å². The molecule has 0 spiro atoms. The largest absolute Gasteiger partial charge is 0.351 e. The zero-order chi connectivity index (χ0) is 24.4. The third-order valence-electron chi connectivity index (χ3n) is 5.87. The highest BCUT2D eigenvalue weighted by molar-refractivity contribution is 8.15. The maximum atomic E-state index is 12.8. The highest BCUT2D eigenvalue weighted by Gasteiger charge is 2.27. The Morgan fingerprint density at radius 3 is 2.97 bits per heavy atom. The number of thioether (sulfide) groups is 1. The summed E-state index contributed by atoms with van der Waals surface area (Å²) in [6.07, 6.45) is 4.47. The number of aliphatic imine (C=N–C) groups is 1. The lowest BCUT2D eigenvalue weighted by Gasteiger charge is -2.20. The number of carbonyl (C=O) groups is 2. The maximum absolute atomic E-state index is 12.8. The molecule has 0 fully saturated rings. The minimum Gasteiger partial charge on any atom is -0.351 e. The molecule has 1 aromatic carbocycles. The van der Waals surface area contributed by atoms with Crippen LogP contribution in [0.4, 0.5) is 5.13 Å². The number of nitrogens with zero attached hydrogens (tertiary/aromatic N) is 4. The first-order valence-corrected chi connectivity index (χ1v) is 13.1. The zero-order valence-corrected chi connectivity index (χ0v) is 21.2. The topological polar surface area (TPSA) is 99.6 Å². The van der Waals surface area contributed by atoms with Crippen LogP contribution in [0.5, 0.6) is 0 Å². The van der Waals surface area contributed by atoms with Crippen LogP contribution in [0.1, 0.15) is 37.6 Å². The molecule has 1 atom stereocenters. The highest BCUT2D eigenvalue weighted by Crippen LogP contribution is 2.28. The van der Waals surface area contributed by atoms with Gasteiger partial charge in [-0.3, -0.25) is 24.9 Å². The Kier molecular flexibility index (Phi) is 6.94. The second-order valence-electron chi connectivity index (χ2n) is 8.75. The van der Waals surface area contributed by atoms with Crippen LogP contribution >= 0.6 is 23.1 Å². The number of pyridine rings is 1. The SMILES string of the molecule is Cc1cncc(C2=NCC(C(=O)NCc3cccc(C(=O)Nc4nc5c(s4)CN(C)CC5)c3)S2)c1. The Bertz CT molecular complexity index is 1300. The van der Waals surface area contributed by atoms with Gasteiger partial charge in [0.2, 0.25) is 5.91 Å². The molecule has 2 N–H and O–H groups in total. The van der Waals surface area contributed by atoms with Gasteiger partial charge < -0.3 is 10.2 Å². The molecule has 0 bridgehead atoms. The van der Waals surface area contributed by atoms with E-state index in [0.29, 0.717) is 23.8 Å². The van der Waals surface area contributed by atoms with E-state index in [4.69, 9.17) is 0 Å². The molecule has 180 valence electrons. The summed E-state index contributed by atoms with van der Waals surface area (Å²) in [5, 5.41) is 7.12. The molecule has 2 aliphatic rings. The summed E-state index contributed by atoms with van der Waals surface area (Å²) in [6, 6.07) is 9.32. The summed E-state index contributed by atoms with van der Waals surface area (Å²) in [5.41, 5.74) is 4.48. The van der Waals surface area contributed by atoms with Crippen molar-refractivity contribution in [3.05, 3.63) is 75.6 Å². The molecular formula is C25H26N6O2S2. The molecular weight excluding hydrogens is 480 g/mol. The monoisotopic (exact) mass is 506 g/mol. The standard InChI is InChI=1S/C25H26N6O2S2/c1-15-8-18(12-26-10-15)24-28-13-20(34-24)23(33)27-11-16-4-3-5-17(9-16)22(32)30-25-29-19-6-7-31(2)14-21(19)35-25/h3-5,8-10,12,20H,6-7,11,13-14H2,1-2H3,(H,27,33)(H,29,30,32). The van der Waals surface area contributed by atoms with Gasteiger partial charge >= 0.3 is 0 Å². The third kappa shape index (κ3) is 5.61. The Morgan fingerprint density at radius 2 is 2.11 bits per heavy atom. The van der Waals surface area contributed by atoms with E-state index in [9.17, 15) is 9.59 Å². The number of aromatic nitrogens is 2. The van der Waals surface area contributed by atoms with E-state index in [2.05, 4.69) is 37.5 Å². The first-order valence-electron chi connectivity index (χ1n) is 11.4. The van der Waals surface area contributed by atoms with Gasteiger partial charge in [0.15, 0.2) is 5.13 Å². The molecule has 10 heteroatoms. The number of thiazole rings is 1. The number of nitrogens with one attached hydrogen (secondary N) is 2. The van der Waals surface area contributed by atoms with Gasteiger partial charge in [-0.05, 0) is 43.3 Å². The molecule has 2 aliphatic heterocycles. The fourth-order valence-corrected chi connectivity index (χ4v) is 6.10. The molecule has 2 amide bonds. The number of amides is 2. The predicted molar refractivity (Wildman–Crippen MR) is 140 cm³/mol. The number of rotatable bonds is 6. The normalized spacial score (nSPS) is 17.5. The number of aryl methyl sites for hydroxylation is 1. The van der Waals surface area contributed by atoms with E-state index >= 15 is 0 Å². The lowest BCUT2D eigenvalue weighted by atomic mass is 10.1. The zero-order valence-electron chi connectivity index (χ0n) is 19.6. The molecule has 0 saturated heterocycles. The number of likely N-dealkylation sites (N-methyl/N-ethyl adjacent to an activating group) is 1. The Labute approximate surface area is 212 Å². The molecule has 3 aromatic rings. The van der Waals surface area contributed by atoms with Gasteiger partial charge in [-0.1, -0.05) is 23.9 Å². The Balaban J connectivity index is 1.15. The van der Waals surface area contributed by atoms with Crippen LogP contribution in [0.25, 0.3) is 0 Å². The van der Waals surface area contributed by atoms with Crippen LogP contribution < -0.4 is 10.6 Å². The minimum absolute atomic E-state index is 0.0671. The van der Waals surface area contributed by atoms with Gasteiger partial charge in [0.05, 0.1) is 12.2 Å². The lowest BCUT2D eigenvalue weighted by Crippen LogP contribution is -2.33. The number of fused-ring (bicyclic) bond motifs is 1. The van der Waals surface area contributed by atoms with Crippen molar-refractivity contribution >= 4 is 45.1 Å². The van der Waals surface area contributed by atoms with Crippen molar-refractivity contribution in [2.24, 2.45) is 4.99 Å². The van der Waals surface area contributed by atoms with Crippen LogP contribution in [0.15, 0.2) is 47.7 Å². The second kappa shape index (κ2) is 10.3. The molecule has 4 heterocycles. The number of hydrogen-bond donors (Lipinski definition) is 2. The molecule has 1 unspecified atom stereocenters. The highest BCUT2D eigenvalue weighted by atomic mass is 32.2. The Morgan fingerprint density at radius 1 is 1.23 bits per heavy atom. The van der Waals surface area contributed by atoms with E-state index < -0.39 is 0 Å². The molecule has 5 rings (SSSR count). The van der Waals surface area contributed by atoms with Crippen LogP contribution in [-0.4, -0.2) is 57.1 Å². The summed E-state index contributed by atoms with van der Waals surface area (Å²) in [7, 11) is 2.09. The third-order valence-corrected chi connectivity index (χ3v) is 8.10. The molecule has 35 heavy (non-hydrogen) atoms. The van der Waals surface area contributed by atoms with Crippen molar-refractivity contribution in [3.63, 3.8) is 0 Å². The quantitative estimate of drug-likeness (QED) is 0.532. The average molecular weight is 507 g/mol. The predicted octanol–water partition coefficient (Wildman–Crippen LogP) is 3.27. The van der Waals surface area contributed by atoms with Crippen molar-refractivity contribution in [2.75, 3.05) is 25.5 Å². The fraction of sp³-hybridized carbons (Fsp3) is 0.320. The lowest BCUT2D eigenvalue weighted by molar-refractivity contribution is -0.120. The van der Waals surface area contributed by atoms with Gasteiger partial charge in [0.1, 0.15) is 10.3 Å². The van der Waals surface area contributed by atoms with Gasteiger partial charge in [-0.25, -0.2) is 4.98 Å². The smallest absolute Gasteiger partial charge is 0.257 e. The van der Waals surface area contributed by atoms with Gasteiger partial charge in [-0.2, -0.15) is 0 Å². The van der Waals surface area contributed by atoms with Gasteiger partial charge in [-0.15, -0.1) is 11.3 Å². The van der Waals surface area contributed by atoms with Crippen LogP contribution in [0.2, 0.25) is 0 Å². The molecule has 0 saturated carbocycles. The number of hydrogen-bond acceptors (Lipinski definition) is 8. The second-order valence-corrected chi connectivity index (χ2v) is 11.0. The van der Waals surface area contributed by atoms with E-state index in [1.165, 1.54) is 28.0 Å². The fourth-order valence-electron chi connectivity index (χ4n) is 4.01. The summed E-state index contributed by atoms with van der Waals surface area (Å²) < 4.78 is 0. The minimum atomic E-state index is -0.271. The average Bonchev–Trinajstić information content (AvgIpc) is 3.50. The molecule has 2 aromatic heterocycles. The van der Waals surface area contributed by atoms with Crippen molar-refractivity contribution in [2.45, 2.75) is 31.7 Å². The first-order chi connectivity index (χ1) is 16.9. The van der Waals surface area contributed by atoms with E-state index in [0.717, 1.165) is 46.9 Å². The van der Waals surface area contributed by atoms with Crippen molar-refractivity contribution in [1.82, 2.24) is 20.2 Å². The van der Waals surface area contributed by atoms with Crippen LogP contribution in [0.3, 0.4) is 0 Å². The first kappa shape index (κ1) is 23.7. The summed E-state index contributed by atoms with van der Waals surface area (Å²) >= 11 is 3.00. The number of anilines is 1. The van der Waals surface area contributed by atoms with E-state index in [-0.39, 0.29) is 17.1 Å². The van der Waals surface area contributed by atoms with Crippen molar-refractivity contribution < 1.29 is 9.59 Å². The number of carbonyl (C=O) groups excluding carboxylic acids is 2. The van der Waals surface area contributed by atoms with Gasteiger partial charge in [0, 0.05) is 54.5 Å². The number of benzene rings is 1. The Hall–Kier alpha value is -3.08. The summed E-state index contributed by atoms with van der Waals surface area (Å²) in [4.78, 5) is 42.3. The summed E-state index contributed by atoms with van der Waals surface area (Å²) in [6.45, 7) is 4.62. The van der Waals surface area contributed by atoms with Crippen molar-refractivity contribution in [3.8, 4) is 0 Å². The van der Waals surface area contributed by atoms with E-state index in [1.807, 2.05) is 25.1 Å². The van der Waals surface area contributed by atoms with Gasteiger partial charge in [0.25, 0.3) is 5.91 Å². The molecule has 0 radical (unpaired) electrons. The maximum Gasteiger partial charge on any atom is 0.257 e. The van der Waals surface area contributed by atoms with E-state index in [1.54, 1.807) is 24.5 Å². The summed E-state index contributed by atoms with van der Waals surface area (Å²) in [5.74, 6) is -0.267.